The van der Waals surface area contributed by atoms with Crippen LogP contribution >= 0.6 is 11.6 Å². The molecule has 2 heteroatoms. The SMILES string of the molecule is CC(C)(C)CCC(CN)Cc1cccc(Cl)c1. The molecule has 1 aromatic carbocycles. The molecule has 17 heavy (non-hydrogen) atoms. The molecule has 1 aromatic rings. The van der Waals surface area contributed by atoms with Gasteiger partial charge >= 0.3 is 0 Å². The van der Waals surface area contributed by atoms with Crippen LogP contribution in [0.4, 0.5) is 0 Å². The van der Waals surface area contributed by atoms with Gasteiger partial charge in [-0.05, 0) is 54.8 Å². The van der Waals surface area contributed by atoms with E-state index in [4.69, 9.17) is 17.3 Å². The molecule has 1 unspecified atom stereocenters. The molecule has 2 N–H and O–H groups in total. The van der Waals surface area contributed by atoms with Gasteiger partial charge in [-0.25, -0.2) is 0 Å². The van der Waals surface area contributed by atoms with Gasteiger partial charge in [0.05, 0.1) is 0 Å². The van der Waals surface area contributed by atoms with Crippen LogP contribution in [-0.2, 0) is 6.42 Å². The fourth-order valence-corrected chi connectivity index (χ4v) is 2.15. The van der Waals surface area contributed by atoms with Crippen LogP contribution < -0.4 is 5.73 Å². The van der Waals surface area contributed by atoms with Gasteiger partial charge < -0.3 is 5.73 Å². The zero-order valence-corrected chi connectivity index (χ0v) is 11.9. The first-order chi connectivity index (χ1) is 7.90. The van der Waals surface area contributed by atoms with Gasteiger partial charge in [-0.15, -0.1) is 0 Å². The van der Waals surface area contributed by atoms with Crippen LogP contribution in [0.2, 0.25) is 5.02 Å². The Kier molecular flexibility index (Phi) is 5.48. The van der Waals surface area contributed by atoms with Crippen molar-refractivity contribution in [3.63, 3.8) is 0 Å². The largest absolute Gasteiger partial charge is 0.330 e. The quantitative estimate of drug-likeness (QED) is 0.833. The van der Waals surface area contributed by atoms with Gasteiger partial charge in [-0.1, -0.05) is 44.5 Å². The predicted molar refractivity (Wildman–Crippen MR) is 76.4 cm³/mol. The summed E-state index contributed by atoms with van der Waals surface area (Å²) in [5.74, 6) is 0.563. The van der Waals surface area contributed by atoms with Crippen LogP contribution in [0.1, 0.15) is 39.2 Å². The summed E-state index contributed by atoms with van der Waals surface area (Å²) < 4.78 is 0. The van der Waals surface area contributed by atoms with Gasteiger partial charge in [0.1, 0.15) is 0 Å². The Morgan fingerprint density at radius 1 is 1.29 bits per heavy atom. The molecule has 0 saturated carbocycles. The second-order valence-electron chi connectivity index (χ2n) is 6.04. The Balaban J connectivity index is 2.52. The highest BCUT2D eigenvalue weighted by atomic mass is 35.5. The standard InChI is InChI=1S/C15H24ClN/c1-15(2,3)8-7-13(11-17)9-12-5-4-6-14(16)10-12/h4-6,10,13H,7-9,11,17H2,1-3H3. The average molecular weight is 254 g/mol. The van der Waals surface area contributed by atoms with Crippen molar-refractivity contribution in [1.29, 1.82) is 0 Å². The zero-order valence-electron chi connectivity index (χ0n) is 11.2. The van der Waals surface area contributed by atoms with E-state index in [1.165, 1.54) is 18.4 Å². The molecule has 0 aliphatic rings. The summed E-state index contributed by atoms with van der Waals surface area (Å²) >= 11 is 5.99. The van der Waals surface area contributed by atoms with Crippen molar-refractivity contribution >= 4 is 11.6 Å². The predicted octanol–water partition coefficient (Wildman–Crippen LogP) is 4.28. The average Bonchev–Trinajstić information content (AvgIpc) is 2.23. The van der Waals surface area contributed by atoms with Gasteiger partial charge in [-0.3, -0.25) is 0 Å². The Labute approximate surface area is 110 Å². The van der Waals surface area contributed by atoms with E-state index in [0.29, 0.717) is 11.3 Å². The molecule has 0 heterocycles. The monoisotopic (exact) mass is 253 g/mol. The van der Waals surface area contributed by atoms with Crippen molar-refractivity contribution in [1.82, 2.24) is 0 Å². The smallest absolute Gasteiger partial charge is 0.0408 e. The molecule has 0 fully saturated rings. The molecular weight excluding hydrogens is 230 g/mol. The number of hydrogen-bond donors (Lipinski definition) is 1. The molecule has 96 valence electrons. The van der Waals surface area contributed by atoms with E-state index < -0.39 is 0 Å². The molecule has 0 spiro atoms. The lowest BCUT2D eigenvalue weighted by Crippen LogP contribution is -2.19. The molecule has 1 nitrogen and oxygen atoms in total. The number of hydrogen-bond acceptors (Lipinski definition) is 1. The molecule has 0 aromatic heterocycles. The molecular formula is C15H24ClN. The molecule has 0 bridgehead atoms. The molecule has 0 amide bonds. The summed E-state index contributed by atoms with van der Waals surface area (Å²) in [5.41, 5.74) is 7.54. The first-order valence-electron chi connectivity index (χ1n) is 6.35. The molecule has 1 atom stereocenters. The van der Waals surface area contributed by atoms with Crippen LogP contribution in [0, 0.1) is 11.3 Å². The number of benzene rings is 1. The summed E-state index contributed by atoms with van der Waals surface area (Å²) in [5, 5.41) is 0.814. The first-order valence-corrected chi connectivity index (χ1v) is 6.73. The molecule has 0 saturated heterocycles. The van der Waals surface area contributed by atoms with Crippen LogP contribution in [0.15, 0.2) is 24.3 Å². The summed E-state index contributed by atoms with van der Waals surface area (Å²) in [7, 11) is 0. The Bertz CT molecular complexity index is 341. The second kappa shape index (κ2) is 6.42. The second-order valence-corrected chi connectivity index (χ2v) is 6.47. The van der Waals surface area contributed by atoms with Crippen LogP contribution in [0.3, 0.4) is 0 Å². The van der Waals surface area contributed by atoms with E-state index in [9.17, 15) is 0 Å². The van der Waals surface area contributed by atoms with Crippen molar-refractivity contribution in [2.24, 2.45) is 17.1 Å². The topological polar surface area (TPSA) is 26.0 Å². The summed E-state index contributed by atoms with van der Waals surface area (Å²) in [4.78, 5) is 0. The first kappa shape index (κ1) is 14.5. The van der Waals surface area contributed by atoms with Crippen LogP contribution in [0.5, 0.6) is 0 Å². The minimum absolute atomic E-state index is 0.391. The van der Waals surface area contributed by atoms with Gasteiger partial charge in [0.2, 0.25) is 0 Å². The third kappa shape index (κ3) is 6.09. The van der Waals surface area contributed by atoms with E-state index >= 15 is 0 Å². The number of nitrogens with two attached hydrogens (primary N) is 1. The van der Waals surface area contributed by atoms with Gasteiger partial charge in [0, 0.05) is 5.02 Å². The maximum atomic E-state index is 5.99. The number of halogens is 1. The van der Waals surface area contributed by atoms with Crippen molar-refractivity contribution in [2.75, 3.05) is 6.54 Å². The van der Waals surface area contributed by atoms with Crippen LogP contribution in [0.25, 0.3) is 0 Å². The fourth-order valence-electron chi connectivity index (χ4n) is 1.94. The third-order valence-electron chi connectivity index (χ3n) is 3.05. The Morgan fingerprint density at radius 2 is 2.00 bits per heavy atom. The fraction of sp³-hybridized carbons (Fsp3) is 0.600. The van der Waals surface area contributed by atoms with E-state index in [1.54, 1.807) is 0 Å². The lowest BCUT2D eigenvalue weighted by Gasteiger charge is -2.22. The third-order valence-corrected chi connectivity index (χ3v) is 3.28. The summed E-state index contributed by atoms with van der Waals surface area (Å²) in [6.07, 6.45) is 3.44. The van der Waals surface area contributed by atoms with E-state index in [0.717, 1.165) is 18.0 Å². The highest BCUT2D eigenvalue weighted by Gasteiger charge is 2.14. The maximum Gasteiger partial charge on any atom is 0.0408 e. The lowest BCUT2D eigenvalue weighted by molar-refractivity contribution is 0.323. The Hall–Kier alpha value is -0.530. The van der Waals surface area contributed by atoms with Crippen LogP contribution in [-0.4, -0.2) is 6.54 Å². The normalized spacial score (nSPS) is 13.7. The number of rotatable bonds is 5. The van der Waals surface area contributed by atoms with Crippen molar-refractivity contribution < 1.29 is 0 Å². The lowest BCUT2D eigenvalue weighted by atomic mass is 9.85. The van der Waals surface area contributed by atoms with E-state index in [-0.39, 0.29) is 0 Å². The van der Waals surface area contributed by atoms with Crippen molar-refractivity contribution in [3.05, 3.63) is 34.9 Å². The van der Waals surface area contributed by atoms with E-state index in [1.807, 2.05) is 18.2 Å². The zero-order chi connectivity index (χ0) is 12.9. The minimum atomic E-state index is 0.391. The molecule has 0 aliphatic carbocycles. The summed E-state index contributed by atoms with van der Waals surface area (Å²) in [6, 6.07) is 8.10. The highest BCUT2D eigenvalue weighted by Crippen LogP contribution is 2.25. The molecule has 0 radical (unpaired) electrons. The van der Waals surface area contributed by atoms with Gasteiger partial charge in [0.15, 0.2) is 0 Å². The maximum absolute atomic E-state index is 5.99. The van der Waals surface area contributed by atoms with E-state index in [2.05, 4.69) is 26.8 Å². The Morgan fingerprint density at radius 3 is 2.53 bits per heavy atom. The highest BCUT2D eigenvalue weighted by molar-refractivity contribution is 6.30. The van der Waals surface area contributed by atoms with Gasteiger partial charge in [-0.2, -0.15) is 0 Å². The minimum Gasteiger partial charge on any atom is -0.330 e. The van der Waals surface area contributed by atoms with Crippen molar-refractivity contribution in [3.8, 4) is 0 Å². The van der Waals surface area contributed by atoms with Crippen molar-refractivity contribution in [2.45, 2.75) is 40.0 Å². The molecule has 1 rings (SSSR count). The molecule has 0 aliphatic heterocycles. The van der Waals surface area contributed by atoms with Gasteiger partial charge in [0.25, 0.3) is 0 Å². The summed E-state index contributed by atoms with van der Waals surface area (Å²) in [6.45, 7) is 7.59.